The van der Waals surface area contributed by atoms with E-state index in [1.165, 1.54) is 24.0 Å². The average molecular weight is 324 g/mol. The molecule has 2 aliphatic heterocycles. The van der Waals surface area contributed by atoms with Gasteiger partial charge in [-0.25, -0.2) is 0 Å². The molecule has 3 heterocycles. The number of nitrogens with zero attached hydrogens (tertiary/aromatic N) is 2. The van der Waals surface area contributed by atoms with E-state index in [0.29, 0.717) is 12.0 Å². The highest BCUT2D eigenvalue weighted by atomic mass is 16.5. The molecule has 2 aliphatic rings. The van der Waals surface area contributed by atoms with E-state index in [4.69, 9.17) is 9.47 Å². The minimum atomic E-state index is 0.475. The first kappa shape index (κ1) is 15.5. The highest BCUT2D eigenvalue weighted by molar-refractivity contribution is 5.48. The van der Waals surface area contributed by atoms with Gasteiger partial charge < -0.3 is 9.47 Å². The van der Waals surface area contributed by atoms with Crippen molar-refractivity contribution in [1.29, 1.82) is 0 Å². The molecular weight excluding hydrogens is 300 g/mol. The molecule has 1 aromatic carbocycles. The number of benzene rings is 1. The monoisotopic (exact) mass is 324 g/mol. The van der Waals surface area contributed by atoms with Crippen molar-refractivity contribution in [1.82, 2.24) is 9.88 Å². The van der Waals surface area contributed by atoms with E-state index in [1.807, 2.05) is 18.5 Å². The van der Waals surface area contributed by atoms with Crippen LogP contribution in [0.4, 0.5) is 0 Å². The third kappa shape index (κ3) is 2.98. The van der Waals surface area contributed by atoms with E-state index in [1.54, 1.807) is 7.11 Å². The Kier molecular flexibility index (Phi) is 4.39. The summed E-state index contributed by atoms with van der Waals surface area (Å²) in [7, 11) is 1.70. The third-order valence-electron chi connectivity index (χ3n) is 5.38. The Bertz CT molecular complexity index is 681. The first-order chi connectivity index (χ1) is 11.8. The fourth-order valence-electron chi connectivity index (χ4n) is 4.01. The summed E-state index contributed by atoms with van der Waals surface area (Å²) in [5.41, 5.74) is 2.70. The van der Waals surface area contributed by atoms with Crippen LogP contribution in [0.25, 0.3) is 0 Å². The number of hydrogen-bond acceptors (Lipinski definition) is 4. The molecule has 1 atom stereocenters. The van der Waals surface area contributed by atoms with Gasteiger partial charge in [0.05, 0.1) is 7.11 Å². The molecule has 1 saturated heterocycles. The second-order valence-electron chi connectivity index (χ2n) is 6.71. The highest BCUT2D eigenvalue weighted by Crippen LogP contribution is 2.36. The maximum absolute atomic E-state index is 6.05. The fourth-order valence-corrected chi connectivity index (χ4v) is 4.01. The van der Waals surface area contributed by atoms with Gasteiger partial charge in [0.1, 0.15) is 6.61 Å². The van der Waals surface area contributed by atoms with Crippen LogP contribution >= 0.6 is 0 Å². The van der Waals surface area contributed by atoms with Crippen LogP contribution < -0.4 is 9.47 Å². The number of pyridine rings is 1. The van der Waals surface area contributed by atoms with Crippen molar-refractivity contribution >= 4 is 0 Å². The minimum absolute atomic E-state index is 0.475. The molecule has 24 heavy (non-hydrogen) atoms. The summed E-state index contributed by atoms with van der Waals surface area (Å²) in [5.74, 6) is 2.45. The maximum Gasteiger partial charge on any atom is 0.164 e. The van der Waals surface area contributed by atoms with E-state index in [-0.39, 0.29) is 0 Å². The summed E-state index contributed by atoms with van der Waals surface area (Å²) in [6.45, 7) is 3.04. The van der Waals surface area contributed by atoms with Gasteiger partial charge in [0.25, 0.3) is 0 Å². The SMILES string of the molecule is COc1cccc2c1OCC(N1CCC(c3ccncc3)CC1)C2. The van der Waals surface area contributed by atoms with Gasteiger partial charge in [-0.1, -0.05) is 12.1 Å². The van der Waals surface area contributed by atoms with E-state index in [2.05, 4.69) is 34.1 Å². The Morgan fingerprint density at radius 1 is 1.12 bits per heavy atom. The molecular formula is C20H24N2O2. The van der Waals surface area contributed by atoms with E-state index < -0.39 is 0 Å². The zero-order valence-corrected chi connectivity index (χ0v) is 14.1. The molecule has 126 valence electrons. The van der Waals surface area contributed by atoms with Crippen LogP contribution in [0.2, 0.25) is 0 Å². The van der Waals surface area contributed by atoms with Gasteiger partial charge in [0.15, 0.2) is 11.5 Å². The number of piperidine rings is 1. The Hall–Kier alpha value is -2.07. The standard InChI is InChI=1S/C20H24N2O2/c1-23-19-4-2-3-17-13-18(14-24-20(17)19)22-11-7-16(8-12-22)15-5-9-21-10-6-15/h2-6,9-10,16,18H,7-8,11-14H2,1H3. The molecule has 0 radical (unpaired) electrons. The van der Waals surface area contributed by atoms with Crippen molar-refractivity contribution < 1.29 is 9.47 Å². The Labute approximate surface area is 143 Å². The summed E-state index contributed by atoms with van der Waals surface area (Å²) in [5, 5.41) is 0. The molecule has 0 spiro atoms. The van der Waals surface area contributed by atoms with Gasteiger partial charge in [0.2, 0.25) is 0 Å². The van der Waals surface area contributed by atoms with Crippen LogP contribution in [0.1, 0.15) is 29.9 Å². The largest absolute Gasteiger partial charge is 0.493 e. The maximum atomic E-state index is 6.05. The van der Waals surface area contributed by atoms with Crippen LogP contribution in [0.3, 0.4) is 0 Å². The van der Waals surface area contributed by atoms with Gasteiger partial charge in [0, 0.05) is 18.4 Å². The molecule has 0 aliphatic carbocycles. The second kappa shape index (κ2) is 6.81. The lowest BCUT2D eigenvalue weighted by molar-refractivity contribution is 0.0933. The second-order valence-corrected chi connectivity index (χ2v) is 6.71. The number of rotatable bonds is 3. The van der Waals surface area contributed by atoms with E-state index in [9.17, 15) is 0 Å². The molecule has 0 bridgehead atoms. The van der Waals surface area contributed by atoms with Crippen LogP contribution in [-0.2, 0) is 6.42 Å². The number of hydrogen-bond donors (Lipinski definition) is 0. The summed E-state index contributed by atoms with van der Waals surface area (Å²) in [6, 6.07) is 11.0. The first-order valence-corrected chi connectivity index (χ1v) is 8.78. The topological polar surface area (TPSA) is 34.6 Å². The normalized spacial score (nSPS) is 21.8. The molecule has 0 amide bonds. The molecule has 1 fully saturated rings. The van der Waals surface area contributed by atoms with E-state index >= 15 is 0 Å². The quantitative estimate of drug-likeness (QED) is 0.868. The van der Waals surface area contributed by atoms with Crippen molar-refractivity contribution in [2.24, 2.45) is 0 Å². The van der Waals surface area contributed by atoms with Crippen molar-refractivity contribution in [2.45, 2.75) is 31.2 Å². The number of aromatic nitrogens is 1. The summed E-state index contributed by atoms with van der Waals surface area (Å²) < 4.78 is 11.5. The van der Waals surface area contributed by atoms with Crippen molar-refractivity contribution in [2.75, 3.05) is 26.8 Å². The lowest BCUT2D eigenvalue weighted by Gasteiger charge is -2.39. The molecule has 0 saturated carbocycles. The van der Waals surface area contributed by atoms with Crippen LogP contribution in [0, 0.1) is 0 Å². The number of para-hydroxylation sites is 1. The Morgan fingerprint density at radius 2 is 1.92 bits per heavy atom. The average Bonchev–Trinajstić information content (AvgIpc) is 2.68. The molecule has 4 rings (SSSR count). The number of likely N-dealkylation sites (tertiary alicyclic amines) is 1. The fraction of sp³-hybridized carbons (Fsp3) is 0.450. The molecule has 1 unspecified atom stereocenters. The smallest absolute Gasteiger partial charge is 0.164 e. The summed E-state index contributed by atoms with van der Waals surface area (Å²) >= 11 is 0. The van der Waals surface area contributed by atoms with Crippen LogP contribution in [0.15, 0.2) is 42.7 Å². The Balaban J connectivity index is 1.40. The molecule has 4 nitrogen and oxygen atoms in total. The minimum Gasteiger partial charge on any atom is -0.493 e. The van der Waals surface area contributed by atoms with Crippen molar-refractivity contribution in [3.8, 4) is 11.5 Å². The highest BCUT2D eigenvalue weighted by Gasteiger charge is 2.30. The number of ether oxygens (including phenoxy) is 2. The van der Waals surface area contributed by atoms with Gasteiger partial charge >= 0.3 is 0 Å². The van der Waals surface area contributed by atoms with E-state index in [0.717, 1.165) is 37.6 Å². The number of fused-ring (bicyclic) bond motifs is 1. The molecule has 2 aromatic rings. The van der Waals surface area contributed by atoms with Crippen LogP contribution in [0.5, 0.6) is 11.5 Å². The lowest BCUT2D eigenvalue weighted by Crippen LogP contribution is -2.46. The predicted molar refractivity (Wildman–Crippen MR) is 93.8 cm³/mol. The van der Waals surface area contributed by atoms with Gasteiger partial charge in [-0.15, -0.1) is 0 Å². The summed E-state index contributed by atoms with van der Waals surface area (Å²) in [4.78, 5) is 6.72. The van der Waals surface area contributed by atoms with Crippen molar-refractivity contribution in [3.63, 3.8) is 0 Å². The Morgan fingerprint density at radius 3 is 2.67 bits per heavy atom. The number of methoxy groups -OCH3 is 1. The molecule has 1 aromatic heterocycles. The zero-order chi connectivity index (χ0) is 16.4. The van der Waals surface area contributed by atoms with Crippen molar-refractivity contribution in [3.05, 3.63) is 53.9 Å². The van der Waals surface area contributed by atoms with Crippen LogP contribution in [-0.4, -0.2) is 42.7 Å². The zero-order valence-electron chi connectivity index (χ0n) is 14.1. The third-order valence-corrected chi connectivity index (χ3v) is 5.38. The predicted octanol–water partition coefficient (Wildman–Crippen LogP) is 3.27. The molecule has 0 N–H and O–H groups in total. The van der Waals surface area contributed by atoms with Gasteiger partial charge in [-0.3, -0.25) is 9.88 Å². The molecule has 4 heteroatoms. The first-order valence-electron chi connectivity index (χ1n) is 8.78. The van der Waals surface area contributed by atoms with Gasteiger partial charge in [-0.2, -0.15) is 0 Å². The lowest BCUT2D eigenvalue weighted by atomic mass is 9.88. The van der Waals surface area contributed by atoms with Gasteiger partial charge in [-0.05, 0) is 67.6 Å². The summed E-state index contributed by atoms with van der Waals surface area (Å²) in [6.07, 6.45) is 7.28.